The summed E-state index contributed by atoms with van der Waals surface area (Å²) < 4.78 is 13.5. The monoisotopic (exact) mass is 300 g/mol. The standard InChI is InChI=1S/C18H21FN2O/c1-2-10-21-18(22)15-8-5-6-14(11-15)12-20-13-16-7-3-4-9-17(16)19/h3-9,11,20H,2,10,12-13H2,1H3,(H,21,22). The van der Waals surface area contributed by atoms with E-state index in [1.807, 2.05) is 31.2 Å². The van der Waals surface area contributed by atoms with Crippen LogP contribution in [0.5, 0.6) is 0 Å². The molecule has 0 spiro atoms. The van der Waals surface area contributed by atoms with Gasteiger partial charge in [0.1, 0.15) is 5.82 Å². The molecule has 0 aromatic heterocycles. The maximum absolute atomic E-state index is 13.5. The summed E-state index contributed by atoms with van der Waals surface area (Å²) in [5.41, 5.74) is 2.29. The predicted octanol–water partition coefficient (Wildman–Crippen LogP) is 3.26. The summed E-state index contributed by atoms with van der Waals surface area (Å²) in [6.45, 7) is 3.74. The second-order valence-corrected chi connectivity index (χ2v) is 5.15. The molecule has 2 rings (SSSR count). The van der Waals surface area contributed by atoms with E-state index in [4.69, 9.17) is 0 Å². The Morgan fingerprint density at radius 2 is 1.91 bits per heavy atom. The van der Waals surface area contributed by atoms with Crippen molar-refractivity contribution in [1.29, 1.82) is 0 Å². The molecule has 116 valence electrons. The maximum Gasteiger partial charge on any atom is 0.251 e. The molecule has 0 unspecified atom stereocenters. The molecule has 0 aliphatic heterocycles. The molecule has 0 aliphatic carbocycles. The van der Waals surface area contributed by atoms with Gasteiger partial charge < -0.3 is 10.6 Å². The number of carbonyl (C=O) groups is 1. The molecule has 0 fully saturated rings. The molecular formula is C18H21FN2O. The minimum Gasteiger partial charge on any atom is -0.352 e. The third-order valence-electron chi connectivity index (χ3n) is 3.33. The number of carbonyl (C=O) groups excluding carboxylic acids is 1. The lowest BCUT2D eigenvalue weighted by Crippen LogP contribution is -2.24. The minimum absolute atomic E-state index is 0.0576. The van der Waals surface area contributed by atoms with E-state index in [9.17, 15) is 9.18 Å². The highest BCUT2D eigenvalue weighted by Crippen LogP contribution is 2.08. The van der Waals surface area contributed by atoms with E-state index in [1.54, 1.807) is 18.2 Å². The first-order valence-electron chi connectivity index (χ1n) is 7.52. The molecule has 1 amide bonds. The molecule has 0 saturated carbocycles. The van der Waals surface area contributed by atoms with Crippen LogP contribution in [-0.4, -0.2) is 12.5 Å². The first-order valence-corrected chi connectivity index (χ1v) is 7.52. The topological polar surface area (TPSA) is 41.1 Å². The third kappa shape index (κ3) is 4.67. The summed E-state index contributed by atoms with van der Waals surface area (Å²) in [5.74, 6) is -0.263. The van der Waals surface area contributed by atoms with Crippen LogP contribution >= 0.6 is 0 Å². The lowest BCUT2D eigenvalue weighted by atomic mass is 10.1. The van der Waals surface area contributed by atoms with Gasteiger partial charge in [0, 0.05) is 30.8 Å². The van der Waals surface area contributed by atoms with E-state index in [0.29, 0.717) is 30.8 Å². The van der Waals surface area contributed by atoms with E-state index in [1.165, 1.54) is 6.07 Å². The van der Waals surface area contributed by atoms with Crippen LogP contribution in [0.25, 0.3) is 0 Å². The second kappa shape index (κ2) is 8.29. The van der Waals surface area contributed by atoms with E-state index in [-0.39, 0.29) is 11.7 Å². The molecule has 22 heavy (non-hydrogen) atoms. The molecule has 0 aliphatic rings. The molecule has 2 aromatic rings. The van der Waals surface area contributed by atoms with Gasteiger partial charge in [-0.05, 0) is 30.2 Å². The van der Waals surface area contributed by atoms with Crippen LogP contribution in [0.2, 0.25) is 0 Å². The second-order valence-electron chi connectivity index (χ2n) is 5.15. The van der Waals surface area contributed by atoms with Crippen LogP contribution in [0.15, 0.2) is 48.5 Å². The number of amides is 1. The van der Waals surface area contributed by atoms with Gasteiger partial charge in [-0.2, -0.15) is 0 Å². The lowest BCUT2D eigenvalue weighted by Gasteiger charge is -2.08. The Morgan fingerprint density at radius 1 is 1.09 bits per heavy atom. The van der Waals surface area contributed by atoms with Gasteiger partial charge in [-0.25, -0.2) is 4.39 Å². The third-order valence-corrected chi connectivity index (χ3v) is 3.33. The summed E-state index contributed by atoms with van der Waals surface area (Å²) in [6, 6.07) is 14.2. The van der Waals surface area contributed by atoms with Crippen LogP contribution in [0.1, 0.15) is 34.8 Å². The molecule has 0 saturated heterocycles. The molecule has 4 heteroatoms. The predicted molar refractivity (Wildman–Crippen MR) is 86.0 cm³/mol. The first-order chi connectivity index (χ1) is 10.7. The minimum atomic E-state index is -0.206. The van der Waals surface area contributed by atoms with Crippen molar-refractivity contribution in [2.45, 2.75) is 26.4 Å². The van der Waals surface area contributed by atoms with Crippen molar-refractivity contribution < 1.29 is 9.18 Å². The number of hydrogen-bond donors (Lipinski definition) is 2. The molecule has 0 bridgehead atoms. The van der Waals surface area contributed by atoms with Crippen LogP contribution in [-0.2, 0) is 13.1 Å². The van der Waals surface area contributed by atoms with Gasteiger partial charge in [0.2, 0.25) is 0 Å². The Balaban J connectivity index is 1.90. The van der Waals surface area contributed by atoms with Crippen molar-refractivity contribution in [1.82, 2.24) is 10.6 Å². The Labute approximate surface area is 130 Å². The van der Waals surface area contributed by atoms with Gasteiger partial charge in [-0.1, -0.05) is 37.3 Å². The number of hydrogen-bond acceptors (Lipinski definition) is 2. The largest absolute Gasteiger partial charge is 0.352 e. The summed E-state index contributed by atoms with van der Waals surface area (Å²) >= 11 is 0. The molecule has 2 N–H and O–H groups in total. The van der Waals surface area contributed by atoms with E-state index in [2.05, 4.69) is 10.6 Å². The molecule has 3 nitrogen and oxygen atoms in total. The van der Waals surface area contributed by atoms with Crippen molar-refractivity contribution in [3.05, 3.63) is 71.0 Å². The van der Waals surface area contributed by atoms with Crippen molar-refractivity contribution in [3.8, 4) is 0 Å². The summed E-state index contributed by atoms with van der Waals surface area (Å²) in [6.07, 6.45) is 0.912. The zero-order valence-corrected chi connectivity index (χ0v) is 12.7. The van der Waals surface area contributed by atoms with Crippen molar-refractivity contribution in [3.63, 3.8) is 0 Å². The number of rotatable bonds is 7. The van der Waals surface area contributed by atoms with Crippen LogP contribution in [0.3, 0.4) is 0 Å². The fourth-order valence-electron chi connectivity index (χ4n) is 2.15. The molecule has 0 heterocycles. The van der Waals surface area contributed by atoms with E-state index >= 15 is 0 Å². The number of nitrogens with one attached hydrogen (secondary N) is 2. The van der Waals surface area contributed by atoms with Crippen molar-refractivity contribution >= 4 is 5.91 Å². The average Bonchev–Trinajstić information content (AvgIpc) is 2.54. The van der Waals surface area contributed by atoms with E-state index < -0.39 is 0 Å². The lowest BCUT2D eigenvalue weighted by molar-refractivity contribution is 0.0953. The quantitative estimate of drug-likeness (QED) is 0.824. The Hall–Kier alpha value is -2.20. The van der Waals surface area contributed by atoms with Gasteiger partial charge in [0.15, 0.2) is 0 Å². The summed E-state index contributed by atoms with van der Waals surface area (Å²) in [7, 11) is 0. The van der Waals surface area contributed by atoms with Crippen LogP contribution < -0.4 is 10.6 Å². The highest BCUT2D eigenvalue weighted by molar-refractivity contribution is 5.94. The Bertz CT molecular complexity index is 628. The van der Waals surface area contributed by atoms with Crippen molar-refractivity contribution in [2.75, 3.05) is 6.54 Å². The van der Waals surface area contributed by atoms with E-state index in [0.717, 1.165) is 12.0 Å². The highest BCUT2D eigenvalue weighted by atomic mass is 19.1. The number of benzene rings is 2. The van der Waals surface area contributed by atoms with Crippen molar-refractivity contribution in [2.24, 2.45) is 0 Å². The van der Waals surface area contributed by atoms with Gasteiger partial charge in [-0.3, -0.25) is 4.79 Å². The smallest absolute Gasteiger partial charge is 0.251 e. The SMILES string of the molecule is CCCNC(=O)c1cccc(CNCc2ccccc2F)c1. The molecule has 0 atom stereocenters. The molecular weight excluding hydrogens is 279 g/mol. The summed E-state index contributed by atoms with van der Waals surface area (Å²) in [4.78, 5) is 11.9. The molecule has 0 radical (unpaired) electrons. The Kier molecular flexibility index (Phi) is 6.10. The van der Waals surface area contributed by atoms with Gasteiger partial charge in [0.05, 0.1) is 0 Å². The first kappa shape index (κ1) is 16.2. The maximum atomic E-state index is 13.5. The number of halogens is 1. The van der Waals surface area contributed by atoms with Gasteiger partial charge in [-0.15, -0.1) is 0 Å². The summed E-state index contributed by atoms with van der Waals surface area (Å²) in [5, 5.41) is 6.05. The normalized spacial score (nSPS) is 10.5. The highest BCUT2D eigenvalue weighted by Gasteiger charge is 2.05. The van der Waals surface area contributed by atoms with Crippen LogP contribution in [0.4, 0.5) is 4.39 Å². The zero-order chi connectivity index (χ0) is 15.8. The average molecular weight is 300 g/mol. The molecule has 2 aromatic carbocycles. The Morgan fingerprint density at radius 3 is 2.68 bits per heavy atom. The zero-order valence-electron chi connectivity index (χ0n) is 12.7. The van der Waals surface area contributed by atoms with Gasteiger partial charge >= 0.3 is 0 Å². The van der Waals surface area contributed by atoms with Crippen LogP contribution in [0, 0.1) is 5.82 Å². The fraction of sp³-hybridized carbons (Fsp3) is 0.278. The van der Waals surface area contributed by atoms with Gasteiger partial charge in [0.25, 0.3) is 5.91 Å². The fourth-order valence-corrected chi connectivity index (χ4v) is 2.15.